The highest BCUT2D eigenvalue weighted by Gasteiger charge is 2.02. The van der Waals surface area contributed by atoms with Crippen molar-refractivity contribution in [3.05, 3.63) is 29.3 Å². The predicted octanol–water partition coefficient (Wildman–Crippen LogP) is 1.40. The number of benzene rings is 1. The van der Waals surface area contributed by atoms with Crippen LogP contribution in [-0.2, 0) is 4.79 Å². The van der Waals surface area contributed by atoms with Gasteiger partial charge in [0, 0.05) is 18.1 Å². The van der Waals surface area contributed by atoms with Gasteiger partial charge in [0.2, 0.25) is 0 Å². The van der Waals surface area contributed by atoms with Gasteiger partial charge in [-0.15, -0.1) is 0 Å². The number of carbonyl (C=O) groups is 1. The zero-order valence-corrected chi connectivity index (χ0v) is 10.8. The van der Waals surface area contributed by atoms with Crippen molar-refractivity contribution < 1.29 is 9.53 Å². The number of rotatable bonds is 6. The third-order valence-corrected chi connectivity index (χ3v) is 2.32. The maximum atomic E-state index is 11.4. The molecule has 0 aliphatic carbocycles. The van der Waals surface area contributed by atoms with Gasteiger partial charge in [0.25, 0.3) is 5.91 Å². The topological polar surface area (TPSA) is 41.6 Å². The largest absolute Gasteiger partial charge is 0.484 e. The van der Waals surface area contributed by atoms with E-state index in [1.54, 1.807) is 24.3 Å². The number of ether oxygens (including phenoxy) is 1. The monoisotopic (exact) mass is 256 g/mol. The lowest BCUT2D eigenvalue weighted by atomic mass is 10.3. The zero-order valence-electron chi connectivity index (χ0n) is 10.1. The highest BCUT2D eigenvalue weighted by atomic mass is 35.5. The first-order chi connectivity index (χ1) is 8.08. The molecule has 5 heteroatoms. The van der Waals surface area contributed by atoms with Crippen molar-refractivity contribution >= 4 is 17.5 Å². The Hall–Kier alpha value is -1.26. The number of hydrogen-bond donors (Lipinski definition) is 1. The van der Waals surface area contributed by atoms with Crippen molar-refractivity contribution in [1.82, 2.24) is 10.2 Å². The number of likely N-dealkylation sites (N-methyl/N-ethyl adjacent to an activating group) is 1. The smallest absolute Gasteiger partial charge is 0.257 e. The van der Waals surface area contributed by atoms with Gasteiger partial charge < -0.3 is 15.0 Å². The van der Waals surface area contributed by atoms with E-state index in [0.717, 1.165) is 6.54 Å². The average molecular weight is 257 g/mol. The average Bonchev–Trinajstić information content (AvgIpc) is 2.28. The number of nitrogens with one attached hydrogen (secondary N) is 1. The van der Waals surface area contributed by atoms with Crippen LogP contribution in [0.1, 0.15) is 0 Å². The summed E-state index contributed by atoms with van der Waals surface area (Å²) in [5, 5.41) is 3.41. The quantitative estimate of drug-likeness (QED) is 0.837. The fourth-order valence-electron chi connectivity index (χ4n) is 1.15. The maximum absolute atomic E-state index is 11.4. The van der Waals surface area contributed by atoms with E-state index in [9.17, 15) is 4.79 Å². The second-order valence-electron chi connectivity index (χ2n) is 3.90. The molecular weight excluding hydrogens is 240 g/mol. The minimum absolute atomic E-state index is 0.0229. The zero-order chi connectivity index (χ0) is 12.7. The summed E-state index contributed by atoms with van der Waals surface area (Å²) < 4.78 is 5.30. The van der Waals surface area contributed by atoms with E-state index in [2.05, 4.69) is 5.32 Å². The lowest BCUT2D eigenvalue weighted by Crippen LogP contribution is -2.34. The van der Waals surface area contributed by atoms with E-state index in [0.29, 0.717) is 17.3 Å². The molecule has 0 atom stereocenters. The van der Waals surface area contributed by atoms with E-state index in [-0.39, 0.29) is 12.5 Å². The summed E-state index contributed by atoms with van der Waals surface area (Å²) in [6.45, 7) is 1.46. The van der Waals surface area contributed by atoms with E-state index in [1.807, 2.05) is 19.0 Å². The van der Waals surface area contributed by atoms with Crippen LogP contribution in [0, 0.1) is 0 Å². The van der Waals surface area contributed by atoms with Crippen LogP contribution >= 0.6 is 11.6 Å². The summed E-state index contributed by atoms with van der Waals surface area (Å²) in [6.07, 6.45) is 0. The predicted molar refractivity (Wildman–Crippen MR) is 68.5 cm³/mol. The maximum Gasteiger partial charge on any atom is 0.257 e. The van der Waals surface area contributed by atoms with Gasteiger partial charge in [-0.05, 0) is 38.4 Å². The standard InChI is InChI=1S/C12H17ClN2O2/c1-15(2)8-7-14-12(16)9-17-11-5-3-10(13)4-6-11/h3-6H,7-9H2,1-2H3,(H,14,16). The molecule has 0 radical (unpaired) electrons. The molecule has 0 spiro atoms. The van der Waals surface area contributed by atoms with E-state index < -0.39 is 0 Å². The van der Waals surface area contributed by atoms with Crippen LogP contribution < -0.4 is 10.1 Å². The van der Waals surface area contributed by atoms with E-state index in [4.69, 9.17) is 16.3 Å². The Morgan fingerprint density at radius 2 is 2.00 bits per heavy atom. The van der Waals surface area contributed by atoms with Gasteiger partial charge in [-0.3, -0.25) is 4.79 Å². The molecule has 0 saturated heterocycles. The van der Waals surface area contributed by atoms with Crippen LogP contribution in [-0.4, -0.2) is 44.6 Å². The van der Waals surface area contributed by atoms with Gasteiger partial charge >= 0.3 is 0 Å². The van der Waals surface area contributed by atoms with E-state index in [1.165, 1.54) is 0 Å². The molecular formula is C12H17ClN2O2. The number of nitrogens with zero attached hydrogens (tertiary/aromatic N) is 1. The molecule has 0 unspecified atom stereocenters. The Balaban J connectivity index is 2.21. The molecule has 0 fully saturated rings. The Morgan fingerprint density at radius 1 is 1.35 bits per heavy atom. The van der Waals surface area contributed by atoms with Gasteiger partial charge in [-0.1, -0.05) is 11.6 Å². The second kappa shape index (κ2) is 7.14. The van der Waals surface area contributed by atoms with Crippen LogP contribution in [0.15, 0.2) is 24.3 Å². The van der Waals surface area contributed by atoms with Crippen LogP contribution in [0.3, 0.4) is 0 Å². The van der Waals surface area contributed by atoms with Gasteiger partial charge in [-0.2, -0.15) is 0 Å². The Morgan fingerprint density at radius 3 is 2.59 bits per heavy atom. The van der Waals surface area contributed by atoms with Crippen LogP contribution in [0.5, 0.6) is 5.75 Å². The molecule has 17 heavy (non-hydrogen) atoms. The SMILES string of the molecule is CN(C)CCNC(=O)COc1ccc(Cl)cc1. The number of halogens is 1. The van der Waals surface area contributed by atoms with Crippen LogP contribution in [0.25, 0.3) is 0 Å². The third-order valence-electron chi connectivity index (χ3n) is 2.06. The normalized spacial score (nSPS) is 10.4. The molecule has 0 aromatic heterocycles. The lowest BCUT2D eigenvalue weighted by molar-refractivity contribution is -0.123. The first-order valence-electron chi connectivity index (χ1n) is 5.38. The van der Waals surface area contributed by atoms with Crippen LogP contribution in [0.4, 0.5) is 0 Å². The summed E-state index contributed by atoms with van der Waals surface area (Å²) >= 11 is 5.73. The number of hydrogen-bond acceptors (Lipinski definition) is 3. The second-order valence-corrected chi connectivity index (χ2v) is 4.33. The highest BCUT2D eigenvalue weighted by Crippen LogP contribution is 2.15. The fourth-order valence-corrected chi connectivity index (χ4v) is 1.28. The third kappa shape index (κ3) is 6.14. The molecule has 1 N–H and O–H groups in total. The van der Waals surface area contributed by atoms with Crippen molar-refractivity contribution in [2.75, 3.05) is 33.8 Å². The number of amides is 1. The van der Waals surface area contributed by atoms with Gasteiger partial charge in [0.05, 0.1) is 0 Å². The fraction of sp³-hybridized carbons (Fsp3) is 0.417. The Labute approximate surface area is 107 Å². The van der Waals surface area contributed by atoms with E-state index >= 15 is 0 Å². The first kappa shape index (κ1) is 13.8. The minimum atomic E-state index is -0.123. The summed E-state index contributed by atoms with van der Waals surface area (Å²) in [5.41, 5.74) is 0. The molecule has 1 aromatic carbocycles. The van der Waals surface area contributed by atoms with Crippen molar-refractivity contribution in [1.29, 1.82) is 0 Å². The summed E-state index contributed by atoms with van der Waals surface area (Å²) in [4.78, 5) is 13.4. The van der Waals surface area contributed by atoms with Gasteiger partial charge in [0.1, 0.15) is 5.75 Å². The first-order valence-corrected chi connectivity index (χ1v) is 5.75. The molecule has 94 valence electrons. The molecule has 1 amide bonds. The highest BCUT2D eigenvalue weighted by molar-refractivity contribution is 6.30. The molecule has 0 saturated carbocycles. The van der Waals surface area contributed by atoms with Gasteiger partial charge in [-0.25, -0.2) is 0 Å². The van der Waals surface area contributed by atoms with Crippen molar-refractivity contribution in [2.45, 2.75) is 0 Å². The van der Waals surface area contributed by atoms with Crippen molar-refractivity contribution in [3.63, 3.8) is 0 Å². The number of carbonyl (C=O) groups excluding carboxylic acids is 1. The summed E-state index contributed by atoms with van der Waals surface area (Å²) in [5.74, 6) is 0.513. The molecule has 0 bridgehead atoms. The molecule has 0 heterocycles. The Bertz CT molecular complexity index is 352. The summed E-state index contributed by atoms with van der Waals surface area (Å²) in [6, 6.07) is 6.91. The minimum Gasteiger partial charge on any atom is -0.484 e. The molecule has 0 aliphatic heterocycles. The summed E-state index contributed by atoms with van der Waals surface area (Å²) in [7, 11) is 3.91. The lowest BCUT2D eigenvalue weighted by Gasteiger charge is -2.11. The van der Waals surface area contributed by atoms with Crippen molar-refractivity contribution in [2.24, 2.45) is 0 Å². The molecule has 4 nitrogen and oxygen atoms in total. The Kier molecular flexibility index (Phi) is 5.80. The molecule has 1 rings (SSSR count). The van der Waals surface area contributed by atoms with Crippen molar-refractivity contribution in [3.8, 4) is 5.75 Å². The van der Waals surface area contributed by atoms with Gasteiger partial charge in [0.15, 0.2) is 6.61 Å². The van der Waals surface area contributed by atoms with Crippen LogP contribution in [0.2, 0.25) is 5.02 Å². The molecule has 0 aliphatic rings. The molecule has 1 aromatic rings.